The number of rotatable bonds is 4. The molecule has 1 aliphatic heterocycles. The summed E-state index contributed by atoms with van der Waals surface area (Å²) in [6.07, 6.45) is 0.178. The van der Waals surface area contributed by atoms with Crippen LogP contribution in [0.3, 0.4) is 0 Å². The first kappa shape index (κ1) is 11.6. The lowest BCUT2D eigenvalue weighted by atomic mass is 10.1. The first-order valence-electron chi connectivity index (χ1n) is 5.83. The summed E-state index contributed by atoms with van der Waals surface area (Å²) in [5.74, 6) is 0. The van der Waals surface area contributed by atoms with Crippen LogP contribution in [0.15, 0.2) is 30.3 Å². The predicted octanol–water partition coefficient (Wildman–Crippen LogP) is 1.58. The Morgan fingerprint density at radius 1 is 1.38 bits per heavy atom. The van der Waals surface area contributed by atoms with Gasteiger partial charge < -0.3 is 14.8 Å². The van der Waals surface area contributed by atoms with Crippen molar-refractivity contribution in [2.24, 2.45) is 0 Å². The average Bonchev–Trinajstić information content (AvgIpc) is 2.33. The quantitative estimate of drug-likeness (QED) is 0.837. The third-order valence-corrected chi connectivity index (χ3v) is 2.85. The van der Waals surface area contributed by atoms with E-state index in [0.717, 1.165) is 13.2 Å². The van der Waals surface area contributed by atoms with E-state index in [1.807, 2.05) is 18.2 Å². The number of ether oxygens (including phenoxy) is 2. The van der Waals surface area contributed by atoms with Gasteiger partial charge in [0, 0.05) is 12.6 Å². The number of benzene rings is 1. The van der Waals surface area contributed by atoms with E-state index in [-0.39, 0.29) is 6.10 Å². The molecule has 0 spiro atoms. The van der Waals surface area contributed by atoms with Gasteiger partial charge in [-0.2, -0.15) is 0 Å². The summed E-state index contributed by atoms with van der Waals surface area (Å²) in [6, 6.07) is 10.6. The molecular weight excluding hydrogens is 202 g/mol. The molecule has 1 aliphatic rings. The summed E-state index contributed by atoms with van der Waals surface area (Å²) in [5, 5.41) is 3.38. The molecule has 3 nitrogen and oxygen atoms in total. The van der Waals surface area contributed by atoms with Crippen molar-refractivity contribution in [3.05, 3.63) is 35.9 Å². The second-order valence-electron chi connectivity index (χ2n) is 4.15. The van der Waals surface area contributed by atoms with Gasteiger partial charge in [0.05, 0.1) is 25.9 Å². The van der Waals surface area contributed by atoms with Crippen molar-refractivity contribution >= 4 is 0 Å². The Balaban J connectivity index is 1.71. The van der Waals surface area contributed by atoms with E-state index < -0.39 is 0 Å². The molecular formula is C13H19NO2. The van der Waals surface area contributed by atoms with E-state index in [4.69, 9.17) is 9.47 Å². The SMILES string of the molecule is C[C@H]1NCCO[C@H]1COCc1ccccc1. The highest BCUT2D eigenvalue weighted by molar-refractivity contribution is 5.13. The topological polar surface area (TPSA) is 30.5 Å². The lowest BCUT2D eigenvalue weighted by Crippen LogP contribution is -2.48. The predicted molar refractivity (Wildman–Crippen MR) is 63.3 cm³/mol. The Bertz CT molecular complexity index is 302. The van der Waals surface area contributed by atoms with Crippen molar-refractivity contribution in [3.8, 4) is 0 Å². The molecule has 1 saturated heterocycles. The van der Waals surface area contributed by atoms with Crippen molar-refractivity contribution in [1.29, 1.82) is 0 Å². The van der Waals surface area contributed by atoms with Crippen LogP contribution in [0.4, 0.5) is 0 Å². The van der Waals surface area contributed by atoms with Gasteiger partial charge in [-0.15, -0.1) is 0 Å². The van der Waals surface area contributed by atoms with E-state index in [1.165, 1.54) is 5.56 Å². The lowest BCUT2D eigenvalue weighted by Gasteiger charge is -2.30. The van der Waals surface area contributed by atoms with Gasteiger partial charge in [0.1, 0.15) is 0 Å². The van der Waals surface area contributed by atoms with Gasteiger partial charge in [0.2, 0.25) is 0 Å². The van der Waals surface area contributed by atoms with Crippen LogP contribution in [0.2, 0.25) is 0 Å². The molecule has 1 N–H and O–H groups in total. The molecule has 1 aromatic rings. The van der Waals surface area contributed by atoms with Crippen molar-refractivity contribution < 1.29 is 9.47 Å². The maximum Gasteiger partial charge on any atom is 0.0959 e. The summed E-state index contributed by atoms with van der Waals surface area (Å²) >= 11 is 0. The third-order valence-electron chi connectivity index (χ3n) is 2.85. The van der Waals surface area contributed by atoms with E-state index in [9.17, 15) is 0 Å². The van der Waals surface area contributed by atoms with E-state index in [0.29, 0.717) is 19.3 Å². The van der Waals surface area contributed by atoms with Crippen LogP contribution in [0.5, 0.6) is 0 Å². The highest BCUT2D eigenvalue weighted by atomic mass is 16.5. The van der Waals surface area contributed by atoms with Gasteiger partial charge in [0.15, 0.2) is 0 Å². The second kappa shape index (κ2) is 5.99. The van der Waals surface area contributed by atoms with Crippen molar-refractivity contribution in [2.75, 3.05) is 19.8 Å². The van der Waals surface area contributed by atoms with Crippen LogP contribution in [0, 0.1) is 0 Å². The molecule has 0 amide bonds. The maximum atomic E-state index is 5.66. The molecule has 0 bridgehead atoms. The number of hydrogen-bond acceptors (Lipinski definition) is 3. The van der Waals surface area contributed by atoms with Crippen molar-refractivity contribution in [1.82, 2.24) is 5.32 Å². The van der Waals surface area contributed by atoms with Gasteiger partial charge in [-0.1, -0.05) is 30.3 Å². The minimum absolute atomic E-state index is 0.178. The highest BCUT2D eigenvalue weighted by Crippen LogP contribution is 2.07. The third kappa shape index (κ3) is 3.30. The Hall–Kier alpha value is -0.900. The molecule has 1 fully saturated rings. The molecule has 2 rings (SSSR count). The first-order chi connectivity index (χ1) is 7.86. The summed E-state index contributed by atoms with van der Waals surface area (Å²) in [5.41, 5.74) is 1.21. The summed E-state index contributed by atoms with van der Waals surface area (Å²) < 4.78 is 11.3. The zero-order valence-electron chi connectivity index (χ0n) is 9.69. The van der Waals surface area contributed by atoms with Gasteiger partial charge in [-0.05, 0) is 12.5 Å². The highest BCUT2D eigenvalue weighted by Gasteiger charge is 2.21. The second-order valence-corrected chi connectivity index (χ2v) is 4.15. The van der Waals surface area contributed by atoms with Crippen LogP contribution >= 0.6 is 0 Å². The molecule has 0 aromatic heterocycles. The maximum absolute atomic E-state index is 5.66. The van der Waals surface area contributed by atoms with Crippen LogP contribution in [0.25, 0.3) is 0 Å². The largest absolute Gasteiger partial charge is 0.374 e. The van der Waals surface area contributed by atoms with E-state index in [1.54, 1.807) is 0 Å². The number of nitrogens with one attached hydrogen (secondary N) is 1. The minimum Gasteiger partial charge on any atom is -0.374 e. The number of hydrogen-bond donors (Lipinski definition) is 1. The van der Waals surface area contributed by atoms with Crippen LogP contribution in [0.1, 0.15) is 12.5 Å². The fourth-order valence-corrected chi connectivity index (χ4v) is 1.83. The Morgan fingerprint density at radius 2 is 2.19 bits per heavy atom. The molecule has 0 radical (unpaired) electrons. The summed E-state index contributed by atoms with van der Waals surface area (Å²) in [7, 11) is 0. The average molecular weight is 221 g/mol. The standard InChI is InChI=1S/C13H19NO2/c1-11-13(16-8-7-14-11)10-15-9-12-5-3-2-4-6-12/h2-6,11,13-14H,7-10H2,1H3/t11-,13+/m1/s1. The van der Waals surface area contributed by atoms with Crippen LogP contribution < -0.4 is 5.32 Å². The molecule has 0 unspecified atom stereocenters. The molecule has 0 saturated carbocycles. The molecule has 3 heteroatoms. The Kier molecular flexibility index (Phi) is 4.34. The van der Waals surface area contributed by atoms with Crippen LogP contribution in [-0.2, 0) is 16.1 Å². The van der Waals surface area contributed by atoms with Crippen LogP contribution in [-0.4, -0.2) is 31.9 Å². The fourth-order valence-electron chi connectivity index (χ4n) is 1.83. The zero-order chi connectivity index (χ0) is 11.2. The summed E-state index contributed by atoms with van der Waals surface area (Å²) in [4.78, 5) is 0. The van der Waals surface area contributed by atoms with Gasteiger partial charge in [-0.25, -0.2) is 0 Å². The minimum atomic E-state index is 0.178. The molecule has 1 heterocycles. The molecule has 16 heavy (non-hydrogen) atoms. The zero-order valence-corrected chi connectivity index (χ0v) is 9.69. The first-order valence-corrected chi connectivity index (χ1v) is 5.83. The van der Waals surface area contributed by atoms with Gasteiger partial charge in [-0.3, -0.25) is 0 Å². The van der Waals surface area contributed by atoms with Crippen molar-refractivity contribution in [3.63, 3.8) is 0 Å². The lowest BCUT2D eigenvalue weighted by molar-refractivity contribution is -0.0555. The number of morpholine rings is 1. The Labute approximate surface area is 96.8 Å². The normalized spacial score (nSPS) is 25.6. The van der Waals surface area contributed by atoms with Gasteiger partial charge in [0.25, 0.3) is 0 Å². The molecule has 1 aromatic carbocycles. The molecule has 2 atom stereocenters. The van der Waals surface area contributed by atoms with E-state index >= 15 is 0 Å². The molecule has 88 valence electrons. The molecule has 0 aliphatic carbocycles. The van der Waals surface area contributed by atoms with Crippen molar-refractivity contribution in [2.45, 2.75) is 25.7 Å². The van der Waals surface area contributed by atoms with E-state index in [2.05, 4.69) is 24.4 Å². The smallest absolute Gasteiger partial charge is 0.0959 e. The fraction of sp³-hybridized carbons (Fsp3) is 0.538. The summed E-state index contributed by atoms with van der Waals surface area (Å²) in [6.45, 7) is 5.17. The monoisotopic (exact) mass is 221 g/mol. The van der Waals surface area contributed by atoms with Gasteiger partial charge >= 0.3 is 0 Å². The Morgan fingerprint density at radius 3 is 2.94 bits per heavy atom.